The van der Waals surface area contributed by atoms with Gasteiger partial charge in [-0.3, -0.25) is 4.79 Å². The van der Waals surface area contributed by atoms with Crippen molar-refractivity contribution in [2.45, 2.75) is 25.8 Å². The molecule has 0 bridgehead atoms. The van der Waals surface area contributed by atoms with Crippen LogP contribution in [0.5, 0.6) is 0 Å². The van der Waals surface area contributed by atoms with Crippen LogP contribution in [-0.4, -0.2) is 21.3 Å². The summed E-state index contributed by atoms with van der Waals surface area (Å²) >= 11 is 0. The van der Waals surface area contributed by atoms with Crippen LogP contribution in [0.25, 0.3) is 22.0 Å². The van der Waals surface area contributed by atoms with E-state index in [4.69, 9.17) is 5.26 Å². The summed E-state index contributed by atoms with van der Waals surface area (Å²) in [5.74, 6) is 0. The van der Waals surface area contributed by atoms with Crippen molar-refractivity contribution in [3.8, 4) is 17.2 Å². The quantitative estimate of drug-likeness (QED) is 0.758. The molecule has 0 aliphatic carbocycles. The van der Waals surface area contributed by atoms with Gasteiger partial charge >= 0.3 is 0 Å². The average molecular weight is 321 g/mol. The first kappa shape index (κ1) is 16.0. The lowest BCUT2D eigenvalue weighted by Gasteiger charge is -2.15. The van der Waals surface area contributed by atoms with Crippen molar-refractivity contribution in [3.05, 3.63) is 58.6 Å². The van der Waals surface area contributed by atoms with Gasteiger partial charge in [-0.05, 0) is 23.6 Å². The van der Waals surface area contributed by atoms with E-state index in [2.05, 4.69) is 11.1 Å². The van der Waals surface area contributed by atoms with Gasteiger partial charge in [0.2, 0.25) is 0 Å². The SMILES string of the molecule is CCC(CO)n1cc(-c2ccc(CC#N)cc2)c2c(=O)[nH]ccc21. The van der Waals surface area contributed by atoms with Crippen LogP contribution in [0.4, 0.5) is 0 Å². The lowest BCUT2D eigenvalue weighted by Crippen LogP contribution is -2.12. The highest BCUT2D eigenvalue weighted by molar-refractivity contribution is 5.95. The predicted molar refractivity (Wildman–Crippen MR) is 93.7 cm³/mol. The van der Waals surface area contributed by atoms with Gasteiger partial charge in [0, 0.05) is 18.0 Å². The van der Waals surface area contributed by atoms with Crippen molar-refractivity contribution >= 4 is 10.9 Å². The molecule has 0 saturated carbocycles. The first-order valence-electron chi connectivity index (χ1n) is 7.99. The number of fused-ring (bicyclic) bond motifs is 1. The molecule has 2 heterocycles. The second-order valence-corrected chi connectivity index (χ2v) is 5.79. The molecule has 0 fully saturated rings. The molecule has 1 atom stereocenters. The van der Waals surface area contributed by atoms with Crippen LogP contribution in [0.3, 0.4) is 0 Å². The number of rotatable bonds is 5. The maximum Gasteiger partial charge on any atom is 0.258 e. The molecule has 5 nitrogen and oxygen atoms in total. The van der Waals surface area contributed by atoms with Crippen molar-refractivity contribution in [1.29, 1.82) is 5.26 Å². The fraction of sp³-hybridized carbons (Fsp3) is 0.263. The third kappa shape index (κ3) is 2.72. The topological polar surface area (TPSA) is 81.8 Å². The largest absolute Gasteiger partial charge is 0.394 e. The summed E-state index contributed by atoms with van der Waals surface area (Å²) in [6.45, 7) is 2.03. The normalized spacial score (nSPS) is 12.2. The van der Waals surface area contributed by atoms with E-state index in [-0.39, 0.29) is 18.2 Å². The van der Waals surface area contributed by atoms with Crippen LogP contribution < -0.4 is 5.56 Å². The number of H-pyrrole nitrogens is 1. The number of nitrogens with zero attached hydrogens (tertiary/aromatic N) is 2. The highest BCUT2D eigenvalue weighted by Crippen LogP contribution is 2.31. The van der Waals surface area contributed by atoms with E-state index >= 15 is 0 Å². The molecule has 0 amide bonds. The smallest absolute Gasteiger partial charge is 0.258 e. The zero-order valence-corrected chi connectivity index (χ0v) is 13.5. The first-order chi connectivity index (χ1) is 11.7. The molecule has 0 spiro atoms. The molecule has 0 radical (unpaired) electrons. The molecule has 1 aromatic carbocycles. The molecule has 0 aliphatic heterocycles. The molecule has 24 heavy (non-hydrogen) atoms. The van der Waals surface area contributed by atoms with E-state index in [9.17, 15) is 9.90 Å². The van der Waals surface area contributed by atoms with E-state index in [1.165, 1.54) is 0 Å². The number of hydrogen-bond donors (Lipinski definition) is 2. The van der Waals surface area contributed by atoms with Gasteiger partial charge in [-0.2, -0.15) is 5.26 Å². The van der Waals surface area contributed by atoms with E-state index in [0.29, 0.717) is 11.8 Å². The lowest BCUT2D eigenvalue weighted by molar-refractivity contribution is 0.227. The Labute approximate surface area is 139 Å². The van der Waals surface area contributed by atoms with Gasteiger partial charge in [0.15, 0.2) is 0 Å². The fourth-order valence-electron chi connectivity index (χ4n) is 3.04. The number of aromatic nitrogens is 2. The van der Waals surface area contributed by atoms with Crippen molar-refractivity contribution in [2.75, 3.05) is 6.61 Å². The van der Waals surface area contributed by atoms with E-state index in [1.54, 1.807) is 6.20 Å². The minimum Gasteiger partial charge on any atom is -0.394 e. The number of pyridine rings is 1. The monoisotopic (exact) mass is 321 g/mol. The summed E-state index contributed by atoms with van der Waals surface area (Å²) in [5, 5.41) is 19.0. The Kier molecular flexibility index (Phi) is 4.50. The summed E-state index contributed by atoms with van der Waals surface area (Å²) in [6, 6.07) is 11.6. The van der Waals surface area contributed by atoms with Crippen LogP contribution in [0.2, 0.25) is 0 Å². The van der Waals surface area contributed by atoms with Gasteiger partial charge in [-0.25, -0.2) is 0 Å². The number of aliphatic hydroxyl groups excluding tert-OH is 1. The average Bonchev–Trinajstić information content (AvgIpc) is 2.98. The molecule has 2 N–H and O–H groups in total. The Balaban J connectivity index is 2.21. The highest BCUT2D eigenvalue weighted by atomic mass is 16.3. The van der Waals surface area contributed by atoms with Gasteiger partial charge in [0.1, 0.15) is 0 Å². The highest BCUT2D eigenvalue weighted by Gasteiger charge is 2.17. The predicted octanol–water partition coefficient (Wildman–Crippen LogP) is 3.01. The van der Waals surface area contributed by atoms with E-state index < -0.39 is 0 Å². The van der Waals surface area contributed by atoms with Gasteiger partial charge in [-0.15, -0.1) is 0 Å². The molecule has 1 unspecified atom stereocenters. The molecular formula is C19H19N3O2. The first-order valence-corrected chi connectivity index (χ1v) is 7.99. The molecule has 0 saturated heterocycles. The minimum atomic E-state index is -0.143. The lowest BCUT2D eigenvalue weighted by atomic mass is 10.0. The summed E-state index contributed by atoms with van der Waals surface area (Å²) in [5.41, 5.74) is 3.37. The van der Waals surface area contributed by atoms with E-state index in [1.807, 2.05) is 48.0 Å². The standard InChI is InChI=1S/C19H19N3O2/c1-2-15(12-23)22-11-16(18-17(22)8-10-21-19(18)24)14-5-3-13(4-6-14)7-9-20/h3-6,8,10-11,15,23H,2,7,12H2,1H3,(H,21,24). The summed E-state index contributed by atoms with van der Waals surface area (Å²) in [6.07, 6.45) is 4.70. The zero-order valence-electron chi connectivity index (χ0n) is 13.5. The third-order valence-electron chi connectivity index (χ3n) is 4.38. The van der Waals surface area contributed by atoms with Crippen LogP contribution in [0, 0.1) is 11.3 Å². The Morgan fingerprint density at radius 1 is 1.29 bits per heavy atom. The van der Waals surface area contributed by atoms with Gasteiger partial charge < -0.3 is 14.7 Å². The number of benzene rings is 1. The molecule has 5 heteroatoms. The van der Waals surface area contributed by atoms with Crippen molar-refractivity contribution < 1.29 is 5.11 Å². The zero-order chi connectivity index (χ0) is 17.1. The number of nitrogens with one attached hydrogen (secondary N) is 1. The maximum absolute atomic E-state index is 12.4. The molecule has 0 aliphatic rings. The minimum absolute atomic E-state index is 0.0215. The number of aromatic amines is 1. The second-order valence-electron chi connectivity index (χ2n) is 5.79. The van der Waals surface area contributed by atoms with Crippen LogP contribution >= 0.6 is 0 Å². The van der Waals surface area contributed by atoms with Crippen LogP contribution in [0.1, 0.15) is 24.9 Å². The Morgan fingerprint density at radius 2 is 2.04 bits per heavy atom. The summed E-state index contributed by atoms with van der Waals surface area (Å²) in [7, 11) is 0. The Morgan fingerprint density at radius 3 is 2.67 bits per heavy atom. The van der Waals surface area contributed by atoms with Gasteiger partial charge in [-0.1, -0.05) is 31.2 Å². The molecule has 2 aromatic heterocycles. The fourth-order valence-corrected chi connectivity index (χ4v) is 3.04. The van der Waals surface area contributed by atoms with E-state index in [0.717, 1.165) is 28.6 Å². The second kappa shape index (κ2) is 6.73. The van der Waals surface area contributed by atoms with Crippen molar-refractivity contribution in [1.82, 2.24) is 9.55 Å². The van der Waals surface area contributed by atoms with Crippen molar-refractivity contribution in [3.63, 3.8) is 0 Å². The molecule has 3 aromatic rings. The Bertz CT molecular complexity index is 941. The Hall–Kier alpha value is -2.84. The number of hydrogen-bond acceptors (Lipinski definition) is 3. The third-order valence-corrected chi connectivity index (χ3v) is 4.38. The number of aliphatic hydroxyl groups is 1. The molecule has 122 valence electrons. The summed E-state index contributed by atoms with van der Waals surface area (Å²) in [4.78, 5) is 15.1. The van der Waals surface area contributed by atoms with Gasteiger partial charge in [0.25, 0.3) is 5.56 Å². The summed E-state index contributed by atoms with van der Waals surface area (Å²) < 4.78 is 1.98. The number of nitriles is 1. The van der Waals surface area contributed by atoms with Crippen LogP contribution in [-0.2, 0) is 6.42 Å². The maximum atomic E-state index is 12.4. The molecule has 3 rings (SSSR count). The molecular weight excluding hydrogens is 302 g/mol. The van der Waals surface area contributed by atoms with Crippen LogP contribution in [0.15, 0.2) is 47.5 Å². The van der Waals surface area contributed by atoms with Gasteiger partial charge in [0.05, 0.1) is 36.0 Å². The van der Waals surface area contributed by atoms with Crippen molar-refractivity contribution in [2.24, 2.45) is 0 Å².